The monoisotopic (exact) mass is 290 g/mol. The van der Waals surface area contributed by atoms with Gasteiger partial charge in [-0.25, -0.2) is 4.39 Å². The topological polar surface area (TPSA) is 29.3 Å². The number of halogens is 1. The van der Waals surface area contributed by atoms with Crippen LogP contribution >= 0.6 is 0 Å². The third-order valence-electron chi connectivity index (χ3n) is 5.56. The molecule has 1 aromatic rings. The maximum absolute atomic E-state index is 14.3. The zero-order chi connectivity index (χ0) is 14.9. The van der Waals surface area contributed by atoms with E-state index in [2.05, 4.69) is 4.90 Å². The maximum atomic E-state index is 14.3. The number of nitrogens with two attached hydrogens (primary N) is 1. The van der Waals surface area contributed by atoms with E-state index in [0.29, 0.717) is 5.41 Å². The SMILES string of the molecule is C[C@H](N)c1cccc(F)c1N1CCC2(CCCCC2)CC1. The van der Waals surface area contributed by atoms with Crippen molar-refractivity contribution < 1.29 is 4.39 Å². The van der Waals surface area contributed by atoms with Crippen LogP contribution in [0, 0.1) is 11.2 Å². The fourth-order valence-corrected chi connectivity index (χ4v) is 4.24. The molecule has 3 heteroatoms. The van der Waals surface area contributed by atoms with Crippen molar-refractivity contribution in [3.8, 4) is 0 Å². The molecule has 1 saturated carbocycles. The van der Waals surface area contributed by atoms with Gasteiger partial charge in [0, 0.05) is 19.1 Å². The van der Waals surface area contributed by atoms with Crippen molar-refractivity contribution in [3.05, 3.63) is 29.6 Å². The molecule has 1 spiro atoms. The van der Waals surface area contributed by atoms with Gasteiger partial charge >= 0.3 is 0 Å². The molecule has 1 aliphatic heterocycles. The second-order valence-corrected chi connectivity index (χ2v) is 7.01. The van der Waals surface area contributed by atoms with Crippen LogP contribution in [0.15, 0.2) is 18.2 Å². The summed E-state index contributed by atoms with van der Waals surface area (Å²) >= 11 is 0. The van der Waals surface area contributed by atoms with Gasteiger partial charge in [0.2, 0.25) is 0 Å². The molecule has 2 aliphatic rings. The molecule has 0 bridgehead atoms. The minimum absolute atomic E-state index is 0.121. The molecule has 3 rings (SSSR count). The first kappa shape index (κ1) is 14.8. The Hall–Kier alpha value is -1.09. The number of piperidine rings is 1. The summed E-state index contributed by atoms with van der Waals surface area (Å²) in [7, 11) is 0. The molecule has 0 amide bonds. The van der Waals surface area contributed by atoms with Crippen molar-refractivity contribution in [1.82, 2.24) is 0 Å². The molecule has 0 unspecified atom stereocenters. The Kier molecular flexibility index (Phi) is 4.21. The van der Waals surface area contributed by atoms with Gasteiger partial charge in [-0.3, -0.25) is 0 Å². The number of para-hydroxylation sites is 1. The number of nitrogens with zero attached hydrogens (tertiary/aromatic N) is 1. The van der Waals surface area contributed by atoms with E-state index in [0.717, 1.165) is 24.3 Å². The van der Waals surface area contributed by atoms with Crippen molar-refractivity contribution in [2.24, 2.45) is 11.1 Å². The minimum atomic E-state index is -0.124. The molecule has 21 heavy (non-hydrogen) atoms. The normalized spacial score (nSPS) is 23.3. The third-order valence-corrected chi connectivity index (χ3v) is 5.56. The highest BCUT2D eigenvalue weighted by Crippen LogP contribution is 2.45. The van der Waals surface area contributed by atoms with Crippen LogP contribution in [0.25, 0.3) is 0 Å². The molecule has 0 radical (unpaired) electrons. The summed E-state index contributed by atoms with van der Waals surface area (Å²) in [5.41, 5.74) is 8.27. The number of anilines is 1. The van der Waals surface area contributed by atoms with Gasteiger partial charge in [0.1, 0.15) is 5.82 Å². The predicted octanol–water partition coefficient (Wildman–Crippen LogP) is 4.40. The molecule has 1 saturated heterocycles. The lowest BCUT2D eigenvalue weighted by Gasteiger charge is -2.45. The highest BCUT2D eigenvalue weighted by atomic mass is 19.1. The summed E-state index contributed by atoms with van der Waals surface area (Å²) in [6.07, 6.45) is 9.32. The van der Waals surface area contributed by atoms with E-state index in [-0.39, 0.29) is 11.9 Å². The number of rotatable bonds is 2. The second kappa shape index (κ2) is 5.96. The van der Waals surface area contributed by atoms with Gasteiger partial charge < -0.3 is 10.6 Å². The van der Waals surface area contributed by atoms with Gasteiger partial charge in [0.15, 0.2) is 0 Å². The van der Waals surface area contributed by atoms with Crippen LogP contribution in [0.4, 0.5) is 10.1 Å². The number of hydrogen-bond donors (Lipinski definition) is 1. The van der Waals surface area contributed by atoms with Gasteiger partial charge in [-0.2, -0.15) is 0 Å². The van der Waals surface area contributed by atoms with Crippen LogP contribution in [0.1, 0.15) is 63.5 Å². The van der Waals surface area contributed by atoms with Gasteiger partial charge in [0.25, 0.3) is 0 Å². The second-order valence-electron chi connectivity index (χ2n) is 7.01. The summed E-state index contributed by atoms with van der Waals surface area (Å²) < 4.78 is 14.3. The summed E-state index contributed by atoms with van der Waals surface area (Å²) in [5.74, 6) is -0.121. The Morgan fingerprint density at radius 2 is 1.76 bits per heavy atom. The van der Waals surface area contributed by atoms with Crippen LogP contribution in [-0.2, 0) is 0 Å². The van der Waals surface area contributed by atoms with Crippen LogP contribution in [0.2, 0.25) is 0 Å². The molecule has 1 atom stereocenters. The zero-order valence-corrected chi connectivity index (χ0v) is 13.1. The zero-order valence-electron chi connectivity index (χ0n) is 13.1. The van der Waals surface area contributed by atoms with E-state index in [9.17, 15) is 4.39 Å². The summed E-state index contributed by atoms with van der Waals surface area (Å²) in [6.45, 7) is 3.88. The van der Waals surface area contributed by atoms with Crippen molar-refractivity contribution in [2.75, 3.05) is 18.0 Å². The van der Waals surface area contributed by atoms with Crippen LogP contribution in [0.3, 0.4) is 0 Å². The molecule has 2 N–H and O–H groups in total. The first-order valence-electron chi connectivity index (χ1n) is 8.40. The van der Waals surface area contributed by atoms with Crippen LogP contribution < -0.4 is 10.6 Å². The molecule has 1 aliphatic carbocycles. The van der Waals surface area contributed by atoms with E-state index >= 15 is 0 Å². The Morgan fingerprint density at radius 3 is 2.38 bits per heavy atom. The fourth-order valence-electron chi connectivity index (χ4n) is 4.24. The molecule has 116 valence electrons. The van der Waals surface area contributed by atoms with Gasteiger partial charge in [-0.1, -0.05) is 31.4 Å². The van der Waals surface area contributed by atoms with Crippen LogP contribution in [-0.4, -0.2) is 13.1 Å². The fraction of sp³-hybridized carbons (Fsp3) is 0.667. The predicted molar refractivity (Wildman–Crippen MR) is 86.0 cm³/mol. The lowest BCUT2D eigenvalue weighted by atomic mass is 9.68. The lowest BCUT2D eigenvalue weighted by Crippen LogP contribution is -2.42. The molecule has 1 heterocycles. The van der Waals surface area contributed by atoms with E-state index in [4.69, 9.17) is 5.73 Å². The maximum Gasteiger partial charge on any atom is 0.146 e. The largest absolute Gasteiger partial charge is 0.369 e. The molecular weight excluding hydrogens is 263 g/mol. The van der Waals surface area contributed by atoms with Gasteiger partial charge in [-0.05, 0) is 49.7 Å². The van der Waals surface area contributed by atoms with Crippen molar-refractivity contribution >= 4 is 5.69 Å². The van der Waals surface area contributed by atoms with Gasteiger partial charge in [0.05, 0.1) is 5.69 Å². The Balaban J connectivity index is 1.78. The molecule has 1 aromatic carbocycles. The number of hydrogen-bond acceptors (Lipinski definition) is 2. The van der Waals surface area contributed by atoms with E-state index in [1.165, 1.54) is 44.9 Å². The molecule has 2 fully saturated rings. The molecule has 0 aromatic heterocycles. The lowest BCUT2D eigenvalue weighted by molar-refractivity contribution is 0.144. The summed E-state index contributed by atoms with van der Waals surface area (Å²) in [5, 5.41) is 0. The first-order valence-corrected chi connectivity index (χ1v) is 8.40. The van der Waals surface area contributed by atoms with E-state index < -0.39 is 0 Å². The standard InChI is InChI=1S/C18H27FN2/c1-14(20)15-6-5-7-16(19)17(15)21-12-10-18(11-13-21)8-3-2-4-9-18/h5-7,14H,2-4,8-13,20H2,1H3/t14-/m0/s1. The quantitative estimate of drug-likeness (QED) is 0.875. The highest BCUT2D eigenvalue weighted by Gasteiger charge is 2.36. The van der Waals surface area contributed by atoms with Crippen molar-refractivity contribution in [1.29, 1.82) is 0 Å². The smallest absolute Gasteiger partial charge is 0.146 e. The Labute approximate surface area is 127 Å². The average molecular weight is 290 g/mol. The van der Waals surface area contributed by atoms with Crippen molar-refractivity contribution in [3.63, 3.8) is 0 Å². The summed E-state index contributed by atoms with van der Waals surface area (Å²) in [4.78, 5) is 2.23. The van der Waals surface area contributed by atoms with Crippen molar-refractivity contribution in [2.45, 2.75) is 57.9 Å². The number of benzene rings is 1. The summed E-state index contributed by atoms with van der Waals surface area (Å²) in [6, 6.07) is 5.17. The average Bonchev–Trinajstić information content (AvgIpc) is 2.49. The Morgan fingerprint density at radius 1 is 1.10 bits per heavy atom. The first-order chi connectivity index (χ1) is 10.1. The highest BCUT2D eigenvalue weighted by molar-refractivity contribution is 5.56. The van der Waals surface area contributed by atoms with E-state index in [1.807, 2.05) is 13.0 Å². The minimum Gasteiger partial charge on any atom is -0.369 e. The van der Waals surface area contributed by atoms with E-state index in [1.54, 1.807) is 12.1 Å². The van der Waals surface area contributed by atoms with Gasteiger partial charge in [-0.15, -0.1) is 0 Å². The molecule has 2 nitrogen and oxygen atoms in total. The third kappa shape index (κ3) is 2.94. The molecular formula is C18H27FN2. The van der Waals surface area contributed by atoms with Crippen LogP contribution in [0.5, 0.6) is 0 Å². The Bertz CT molecular complexity index is 482.